The highest BCUT2D eigenvalue weighted by Gasteiger charge is 2.40. The van der Waals surface area contributed by atoms with Crippen molar-refractivity contribution in [3.8, 4) is 0 Å². The molecule has 3 rings (SSSR count). The monoisotopic (exact) mass is 484 g/mol. The first kappa shape index (κ1) is 25.6. The molecular weight excluding hydrogens is 456 g/mol. The second-order valence-corrected chi connectivity index (χ2v) is 8.18. The lowest BCUT2D eigenvalue weighted by molar-refractivity contribution is -0.163. The lowest BCUT2D eigenvalue weighted by atomic mass is 10.1. The molecule has 12 heteroatoms. The second-order valence-electron chi connectivity index (χ2n) is 8.18. The number of fused-ring (bicyclic) bond motifs is 1. The molecule has 0 saturated carbocycles. The van der Waals surface area contributed by atoms with E-state index in [4.69, 9.17) is 0 Å². The maximum absolute atomic E-state index is 13.9. The third-order valence-electron chi connectivity index (χ3n) is 5.62. The number of nitrogens with one attached hydrogen (secondary N) is 1. The molecule has 0 spiro atoms. The number of allylic oxidation sites excluding steroid dienone is 2. The number of aliphatic imine (C=N–C) groups is 1. The molecule has 1 aliphatic rings. The number of nitrogens with zero attached hydrogens (tertiary/aromatic N) is 5. The lowest BCUT2D eigenvalue weighted by Crippen LogP contribution is -2.46. The highest BCUT2D eigenvalue weighted by Crippen LogP contribution is 2.35. The molecule has 2 aromatic rings. The zero-order chi connectivity index (χ0) is 25.2. The van der Waals surface area contributed by atoms with Crippen molar-refractivity contribution in [1.82, 2.24) is 19.4 Å². The van der Waals surface area contributed by atoms with E-state index >= 15 is 0 Å². The van der Waals surface area contributed by atoms with E-state index < -0.39 is 30.6 Å². The zero-order valence-electron chi connectivity index (χ0n) is 19.1. The third kappa shape index (κ3) is 5.55. The Kier molecular flexibility index (Phi) is 7.61. The summed E-state index contributed by atoms with van der Waals surface area (Å²) in [5.74, 6) is 0.847. The van der Waals surface area contributed by atoms with E-state index in [1.54, 1.807) is 11.8 Å². The third-order valence-corrected chi connectivity index (χ3v) is 5.62. The highest BCUT2D eigenvalue weighted by molar-refractivity contribution is 5.82. The van der Waals surface area contributed by atoms with Crippen molar-refractivity contribution in [1.29, 1.82) is 0 Å². The minimum Gasteiger partial charge on any atom is -0.390 e. The van der Waals surface area contributed by atoms with Crippen molar-refractivity contribution in [2.24, 2.45) is 4.99 Å². The molecule has 4 atom stereocenters. The molecule has 34 heavy (non-hydrogen) atoms. The van der Waals surface area contributed by atoms with Crippen LogP contribution in [0.25, 0.3) is 11.0 Å². The van der Waals surface area contributed by atoms with Crippen LogP contribution < -0.4 is 5.32 Å². The number of aliphatic hydroxyl groups excluding tert-OH is 2. The first-order valence-corrected chi connectivity index (χ1v) is 10.8. The minimum absolute atomic E-state index is 0.00127. The molecular formula is C22H28F4N6O2. The number of pyridine rings is 1. The average molecular weight is 484 g/mol. The van der Waals surface area contributed by atoms with Gasteiger partial charge < -0.3 is 25.0 Å². The van der Waals surface area contributed by atoms with Crippen LogP contribution in [0.15, 0.2) is 41.8 Å². The van der Waals surface area contributed by atoms with Crippen molar-refractivity contribution in [2.45, 2.75) is 57.8 Å². The fourth-order valence-electron chi connectivity index (χ4n) is 3.71. The predicted molar refractivity (Wildman–Crippen MR) is 121 cm³/mol. The maximum atomic E-state index is 13.9. The van der Waals surface area contributed by atoms with Gasteiger partial charge in [0.15, 0.2) is 0 Å². The SMILES string of the molecule is C=C/C=C(\N=C(/C)N1CCC(O)C(F)C1)Nc1cc2c(cn1)nc(C(C)O)n2C(C)C(F)(F)F. The van der Waals surface area contributed by atoms with E-state index in [0.717, 1.165) is 11.5 Å². The van der Waals surface area contributed by atoms with E-state index in [-0.39, 0.29) is 41.5 Å². The normalized spacial score (nSPS) is 22.1. The Balaban J connectivity index is 1.94. The quantitative estimate of drug-likeness (QED) is 0.249. The van der Waals surface area contributed by atoms with Gasteiger partial charge in [-0.25, -0.2) is 19.4 Å². The predicted octanol–water partition coefficient (Wildman–Crippen LogP) is 3.87. The Bertz CT molecular complexity index is 1090. The van der Waals surface area contributed by atoms with Crippen LogP contribution in [0.4, 0.5) is 23.4 Å². The van der Waals surface area contributed by atoms with Gasteiger partial charge in [0, 0.05) is 12.6 Å². The van der Waals surface area contributed by atoms with E-state index in [2.05, 4.69) is 26.9 Å². The Labute approximate surface area is 194 Å². The molecule has 0 radical (unpaired) electrons. The van der Waals surface area contributed by atoms with Gasteiger partial charge in [0.2, 0.25) is 0 Å². The van der Waals surface area contributed by atoms with Crippen molar-refractivity contribution < 1.29 is 27.8 Å². The molecule has 186 valence electrons. The number of aromatic nitrogens is 3. The van der Waals surface area contributed by atoms with Gasteiger partial charge in [-0.2, -0.15) is 13.2 Å². The van der Waals surface area contributed by atoms with E-state index in [1.165, 1.54) is 31.3 Å². The summed E-state index contributed by atoms with van der Waals surface area (Å²) in [6.07, 6.45) is -3.58. The Morgan fingerprint density at radius 3 is 2.68 bits per heavy atom. The van der Waals surface area contributed by atoms with Gasteiger partial charge in [-0.05, 0) is 33.3 Å². The smallest absolute Gasteiger partial charge is 0.390 e. The molecule has 1 fully saturated rings. The molecule has 0 amide bonds. The Hall–Kier alpha value is -2.99. The number of amidine groups is 1. The molecule has 1 saturated heterocycles. The molecule has 0 bridgehead atoms. The van der Waals surface area contributed by atoms with Crippen LogP contribution in [0.2, 0.25) is 0 Å². The van der Waals surface area contributed by atoms with Gasteiger partial charge in [-0.1, -0.05) is 12.7 Å². The van der Waals surface area contributed by atoms with Crippen molar-refractivity contribution >= 4 is 22.7 Å². The van der Waals surface area contributed by atoms with Crippen LogP contribution in [0.5, 0.6) is 0 Å². The number of likely N-dealkylation sites (tertiary alicyclic amines) is 1. The standard InChI is InChI=1S/C22H28F4N6O2/c1-5-6-19(28-14(4)31-8-7-18(34)15(23)11-31)30-20-9-17-16(10-27-20)29-21(12(2)33)32(17)13(3)22(24,25)26/h5-6,9-10,12-13,15,18,33-34H,1,7-8,11H2,2-4H3,(H,27,30)/b19-6+,28-14+. The van der Waals surface area contributed by atoms with Crippen LogP contribution in [-0.4, -0.2) is 67.0 Å². The fraction of sp³-hybridized carbons (Fsp3) is 0.500. The van der Waals surface area contributed by atoms with Crippen LogP contribution >= 0.6 is 0 Å². The van der Waals surface area contributed by atoms with Crippen molar-refractivity contribution in [2.75, 3.05) is 18.4 Å². The summed E-state index contributed by atoms with van der Waals surface area (Å²) in [6.45, 7) is 8.09. The number of anilines is 1. The van der Waals surface area contributed by atoms with E-state index in [9.17, 15) is 27.8 Å². The number of rotatable bonds is 6. The largest absolute Gasteiger partial charge is 0.408 e. The molecule has 4 unspecified atom stereocenters. The van der Waals surface area contributed by atoms with Crippen molar-refractivity contribution in [3.05, 3.63) is 42.6 Å². The zero-order valence-corrected chi connectivity index (χ0v) is 19.1. The molecule has 1 aliphatic heterocycles. The van der Waals surface area contributed by atoms with Gasteiger partial charge in [0.25, 0.3) is 0 Å². The first-order chi connectivity index (χ1) is 15.9. The molecule has 3 heterocycles. The molecule has 2 aromatic heterocycles. The highest BCUT2D eigenvalue weighted by atomic mass is 19.4. The Morgan fingerprint density at radius 2 is 2.09 bits per heavy atom. The van der Waals surface area contributed by atoms with E-state index in [0.29, 0.717) is 12.4 Å². The maximum Gasteiger partial charge on any atom is 0.408 e. The number of alkyl halides is 4. The molecule has 0 aliphatic carbocycles. The van der Waals surface area contributed by atoms with Crippen LogP contribution in [0.1, 0.15) is 45.2 Å². The lowest BCUT2D eigenvalue weighted by Gasteiger charge is -2.33. The number of hydrogen-bond donors (Lipinski definition) is 3. The summed E-state index contributed by atoms with van der Waals surface area (Å²) in [6, 6.07) is -0.531. The van der Waals surface area contributed by atoms with Gasteiger partial charge in [0.1, 0.15) is 47.1 Å². The summed E-state index contributed by atoms with van der Waals surface area (Å²) < 4.78 is 55.4. The van der Waals surface area contributed by atoms with Gasteiger partial charge in [0.05, 0.1) is 24.4 Å². The number of imidazole rings is 1. The second kappa shape index (κ2) is 10.1. The summed E-state index contributed by atoms with van der Waals surface area (Å²) in [7, 11) is 0. The van der Waals surface area contributed by atoms with Gasteiger partial charge in [-0.15, -0.1) is 0 Å². The van der Waals surface area contributed by atoms with Crippen LogP contribution in [-0.2, 0) is 0 Å². The van der Waals surface area contributed by atoms with Crippen molar-refractivity contribution in [3.63, 3.8) is 0 Å². The summed E-state index contributed by atoms with van der Waals surface area (Å²) >= 11 is 0. The summed E-state index contributed by atoms with van der Waals surface area (Å²) in [5.41, 5.74) is 0.342. The van der Waals surface area contributed by atoms with Crippen LogP contribution in [0.3, 0.4) is 0 Å². The van der Waals surface area contributed by atoms with Gasteiger partial charge >= 0.3 is 6.18 Å². The topological polar surface area (TPSA) is 98.8 Å². The summed E-state index contributed by atoms with van der Waals surface area (Å²) in [5, 5.41) is 22.5. The number of hydrogen-bond acceptors (Lipinski definition) is 6. The fourth-order valence-corrected chi connectivity index (χ4v) is 3.71. The number of halogens is 4. The van der Waals surface area contributed by atoms with Crippen LogP contribution in [0, 0.1) is 0 Å². The molecule has 0 aromatic carbocycles. The molecule has 3 N–H and O–H groups in total. The minimum atomic E-state index is -4.56. The molecule has 8 nitrogen and oxygen atoms in total. The number of aliphatic hydroxyl groups is 2. The van der Waals surface area contributed by atoms with Gasteiger partial charge in [-0.3, -0.25) is 0 Å². The Morgan fingerprint density at radius 1 is 1.38 bits per heavy atom. The summed E-state index contributed by atoms with van der Waals surface area (Å²) in [4.78, 5) is 14.5. The van der Waals surface area contributed by atoms with E-state index in [1.807, 2.05) is 0 Å². The number of piperidine rings is 1. The first-order valence-electron chi connectivity index (χ1n) is 10.8. The average Bonchev–Trinajstić information content (AvgIpc) is 3.13.